The summed E-state index contributed by atoms with van der Waals surface area (Å²) in [5, 5.41) is 0. The molecule has 0 spiro atoms. The van der Waals surface area contributed by atoms with Crippen molar-refractivity contribution in [2.75, 3.05) is 0 Å². The lowest BCUT2D eigenvalue weighted by atomic mass is 10.0. The first-order valence-electron chi connectivity index (χ1n) is 7.87. The Bertz CT molecular complexity index is 752. The van der Waals surface area contributed by atoms with Gasteiger partial charge in [0.2, 0.25) is 5.91 Å². The molecule has 1 aromatic heterocycles. The van der Waals surface area contributed by atoms with E-state index in [1.54, 1.807) is 6.20 Å². The van der Waals surface area contributed by atoms with Crippen LogP contribution in [-0.4, -0.2) is 21.3 Å². The number of aromatic nitrogens is 1. The first-order chi connectivity index (χ1) is 11.0. The molecule has 1 aromatic carbocycles. The lowest BCUT2D eigenvalue weighted by Crippen LogP contribution is -2.40. The highest BCUT2D eigenvalue weighted by molar-refractivity contribution is 5.79. The Balaban J connectivity index is 1.71. The van der Waals surface area contributed by atoms with Crippen LogP contribution in [-0.2, 0) is 11.3 Å². The SMILES string of the molecule is CC1(C)CCC(=O)N1Cc1ccc(C#Cc2ccccc2)cn1. The zero-order valence-corrected chi connectivity index (χ0v) is 13.5. The second kappa shape index (κ2) is 6.26. The van der Waals surface area contributed by atoms with Crippen molar-refractivity contribution in [3.63, 3.8) is 0 Å². The van der Waals surface area contributed by atoms with Gasteiger partial charge in [-0.3, -0.25) is 9.78 Å². The number of hydrogen-bond donors (Lipinski definition) is 0. The fourth-order valence-corrected chi connectivity index (χ4v) is 2.74. The Morgan fingerprint density at radius 2 is 1.83 bits per heavy atom. The summed E-state index contributed by atoms with van der Waals surface area (Å²) in [4.78, 5) is 18.4. The van der Waals surface area contributed by atoms with Crippen molar-refractivity contribution in [2.24, 2.45) is 0 Å². The molecular weight excluding hydrogens is 284 g/mol. The standard InChI is InChI=1S/C20H20N2O/c1-20(2)13-12-19(23)22(20)15-18-11-10-17(14-21-18)9-8-16-6-4-3-5-7-16/h3-7,10-11,14H,12-13,15H2,1-2H3. The molecule has 0 unspecified atom stereocenters. The van der Waals surface area contributed by atoms with Crippen LogP contribution >= 0.6 is 0 Å². The molecule has 0 saturated carbocycles. The maximum Gasteiger partial charge on any atom is 0.223 e. The summed E-state index contributed by atoms with van der Waals surface area (Å²) in [5.74, 6) is 6.45. The van der Waals surface area contributed by atoms with Crippen LogP contribution in [0.2, 0.25) is 0 Å². The molecule has 0 aliphatic carbocycles. The maximum atomic E-state index is 12.0. The topological polar surface area (TPSA) is 33.2 Å². The van der Waals surface area contributed by atoms with E-state index in [1.165, 1.54) is 0 Å². The zero-order valence-electron chi connectivity index (χ0n) is 13.5. The Labute approximate surface area is 137 Å². The van der Waals surface area contributed by atoms with Crippen molar-refractivity contribution in [3.05, 3.63) is 65.5 Å². The van der Waals surface area contributed by atoms with Gasteiger partial charge in [0.05, 0.1) is 12.2 Å². The molecule has 2 heterocycles. The minimum atomic E-state index is -0.0788. The van der Waals surface area contributed by atoms with E-state index >= 15 is 0 Å². The Morgan fingerprint density at radius 1 is 1.09 bits per heavy atom. The summed E-state index contributed by atoms with van der Waals surface area (Å²) < 4.78 is 0. The largest absolute Gasteiger partial charge is 0.332 e. The van der Waals surface area contributed by atoms with Crippen LogP contribution in [0.15, 0.2) is 48.7 Å². The molecule has 1 aliphatic rings. The molecule has 0 atom stereocenters. The Kier molecular flexibility index (Phi) is 4.16. The third kappa shape index (κ3) is 3.60. The van der Waals surface area contributed by atoms with Crippen LogP contribution in [0.3, 0.4) is 0 Å². The quantitative estimate of drug-likeness (QED) is 0.797. The van der Waals surface area contributed by atoms with Crippen molar-refractivity contribution in [1.82, 2.24) is 9.88 Å². The highest BCUT2D eigenvalue weighted by Crippen LogP contribution is 2.30. The third-order valence-electron chi connectivity index (χ3n) is 4.25. The lowest BCUT2D eigenvalue weighted by molar-refractivity contribution is -0.131. The highest BCUT2D eigenvalue weighted by atomic mass is 16.2. The molecule has 3 nitrogen and oxygen atoms in total. The molecule has 23 heavy (non-hydrogen) atoms. The average molecular weight is 304 g/mol. The molecule has 1 aliphatic heterocycles. The van der Waals surface area contributed by atoms with Gasteiger partial charge in [-0.2, -0.15) is 0 Å². The van der Waals surface area contributed by atoms with Gasteiger partial charge in [0.25, 0.3) is 0 Å². The molecule has 2 aromatic rings. The van der Waals surface area contributed by atoms with E-state index < -0.39 is 0 Å². The number of likely N-dealkylation sites (tertiary alicyclic amines) is 1. The van der Waals surface area contributed by atoms with Crippen LogP contribution in [0.25, 0.3) is 0 Å². The summed E-state index contributed by atoms with van der Waals surface area (Å²) in [6, 6.07) is 13.8. The van der Waals surface area contributed by atoms with E-state index in [-0.39, 0.29) is 11.4 Å². The van der Waals surface area contributed by atoms with Gasteiger partial charge in [0.1, 0.15) is 0 Å². The van der Waals surface area contributed by atoms with Crippen LogP contribution in [0.5, 0.6) is 0 Å². The van der Waals surface area contributed by atoms with E-state index in [1.807, 2.05) is 47.4 Å². The molecule has 1 fully saturated rings. The van der Waals surface area contributed by atoms with Crippen molar-refractivity contribution in [1.29, 1.82) is 0 Å². The van der Waals surface area contributed by atoms with Gasteiger partial charge in [0.15, 0.2) is 0 Å². The molecule has 3 heteroatoms. The Morgan fingerprint density at radius 3 is 2.43 bits per heavy atom. The normalized spacial score (nSPS) is 16.1. The van der Waals surface area contributed by atoms with E-state index in [0.29, 0.717) is 13.0 Å². The summed E-state index contributed by atoms with van der Waals surface area (Å²) in [5.41, 5.74) is 2.69. The average Bonchev–Trinajstić information content (AvgIpc) is 2.82. The number of carbonyl (C=O) groups is 1. The number of pyridine rings is 1. The first kappa shape index (κ1) is 15.3. The zero-order chi connectivity index (χ0) is 16.3. The molecule has 0 bridgehead atoms. The van der Waals surface area contributed by atoms with Crippen molar-refractivity contribution in [3.8, 4) is 11.8 Å². The summed E-state index contributed by atoms with van der Waals surface area (Å²) >= 11 is 0. The van der Waals surface area contributed by atoms with Gasteiger partial charge < -0.3 is 4.90 Å². The Hall–Kier alpha value is -2.60. The van der Waals surface area contributed by atoms with Gasteiger partial charge in [-0.05, 0) is 44.5 Å². The van der Waals surface area contributed by atoms with Gasteiger partial charge in [-0.25, -0.2) is 0 Å². The maximum absolute atomic E-state index is 12.0. The number of rotatable bonds is 2. The van der Waals surface area contributed by atoms with Crippen LogP contribution in [0.4, 0.5) is 0 Å². The minimum absolute atomic E-state index is 0.0788. The van der Waals surface area contributed by atoms with Crippen molar-refractivity contribution < 1.29 is 4.79 Å². The predicted octanol–water partition coefficient (Wildman–Crippen LogP) is 3.38. The minimum Gasteiger partial charge on any atom is -0.332 e. The highest BCUT2D eigenvalue weighted by Gasteiger charge is 2.37. The van der Waals surface area contributed by atoms with Gasteiger partial charge in [0, 0.05) is 29.3 Å². The summed E-state index contributed by atoms with van der Waals surface area (Å²) in [6.45, 7) is 4.79. The van der Waals surface area contributed by atoms with E-state index in [9.17, 15) is 4.79 Å². The number of benzene rings is 1. The number of carbonyl (C=O) groups excluding carboxylic acids is 1. The van der Waals surface area contributed by atoms with Crippen LogP contribution in [0.1, 0.15) is 43.5 Å². The van der Waals surface area contributed by atoms with Gasteiger partial charge >= 0.3 is 0 Å². The number of amides is 1. The molecule has 1 amide bonds. The third-order valence-corrected chi connectivity index (χ3v) is 4.25. The fraction of sp³-hybridized carbons (Fsp3) is 0.300. The summed E-state index contributed by atoms with van der Waals surface area (Å²) in [7, 11) is 0. The monoisotopic (exact) mass is 304 g/mol. The summed E-state index contributed by atoms with van der Waals surface area (Å²) in [6.07, 6.45) is 3.32. The van der Waals surface area contributed by atoms with E-state index in [0.717, 1.165) is 23.2 Å². The molecule has 116 valence electrons. The van der Waals surface area contributed by atoms with Gasteiger partial charge in [-0.15, -0.1) is 0 Å². The van der Waals surface area contributed by atoms with Crippen molar-refractivity contribution in [2.45, 2.75) is 38.8 Å². The molecule has 0 N–H and O–H groups in total. The fourth-order valence-electron chi connectivity index (χ4n) is 2.74. The van der Waals surface area contributed by atoms with E-state index in [4.69, 9.17) is 0 Å². The van der Waals surface area contributed by atoms with Gasteiger partial charge in [-0.1, -0.05) is 30.0 Å². The molecule has 3 rings (SSSR count). The van der Waals surface area contributed by atoms with Crippen LogP contribution < -0.4 is 0 Å². The van der Waals surface area contributed by atoms with Crippen molar-refractivity contribution >= 4 is 5.91 Å². The second-order valence-corrected chi connectivity index (χ2v) is 6.45. The number of hydrogen-bond acceptors (Lipinski definition) is 2. The lowest BCUT2D eigenvalue weighted by Gasteiger charge is -2.31. The van der Waals surface area contributed by atoms with Crippen LogP contribution in [0, 0.1) is 11.8 Å². The first-order valence-corrected chi connectivity index (χ1v) is 7.87. The second-order valence-electron chi connectivity index (χ2n) is 6.45. The molecule has 1 saturated heterocycles. The van der Waals surface area contributed by atoms with E-state index in [2.05, 4.69) is 30.7 Å². The molecular formula is C20H20N2O. The molecule has 0 radical (unpaired) electrons. The number of nitrogens with zero attached hydrogens (tertiary/aromatic N) is 2. The smallest absolute Gasteiger partial charge is 0.223 e. The predicted molar refractivity (Wildman–Crippen MR) is 90.5 cm³/mol.